The van der Waals surface area contributed by atoms with Gasteiger partial charge < -0.3 is 35.6 Å². The number of hydrogen-bond acceptors (Lipinski definition) is 6. The number of phenolic OH excluding ortho intramolecular Hbond substituents is 1. The van der Waals surface area contributed by atoms with Crippen molar-refractivity contribution in [3.05, 3.63) is 119 Å². The largest absolute Gasteiger partial charge is 0.508 e. The Morgan fingerprint density at radius 1 is 0.854 bits per heavy atom. The van der Waals surface area contributed by atoms with E-state index in [1.54, 1.807) is 30.5 Å². The number of aromatic hydroxyl groups is 1. The average Bonchev–Trinajstić information content (AvgIpc) is 3.11. The van der Waals surface area contributed by atoms with Gasteiger partial charge in [0.2, 0.25) is 0 Å². The Balaban J connectivity index is 0.990. The molecular formula is C38H46ClN5O4. The topological polar surface area (TPSA) is 106 Å². The third-order valence-electron chi connectivity index (χ3n) is 8.79. The molecule has 2 heterocycles. The number of carbonyl (C=O) groups excluding carboxylic acids is 2. The van der Waals surface area contributed by atoms with Gasteiger partial charge in [-0.15, -0.1) is 0 Å². The van der Waals surface area contributed by atoms with Gasteiger partial charge in [0.15, 0.2) is 0 Å². The molecule has 9 nitrogen and oxygen atoms in total. The molecule has 48 heavy (non-hydrogen) atoms. The predicted molar refractivity (Wildman–Crippen MR) is 191 cm³/mol. The van der Waals surface area contributed by atoms with Crippen LogP contribution in [0.15, 0.2) is 91.5 Å². The molecule has 0 saturated carbocycles. The molecule has 3 aromatic rings. The Kier molecular flexibility index (Phi) is 13.2. The lowest BCUT2D eigenvalue weighted by atomic mass is 9.86. The highest BCUT2D eigenvalue weighted by Crippen LogP contribution is 2.32. The third-order valence-corrected chi connectivity index (χ3v) is 9.02. The molecule has 3 amide bonds. The van der Waals surface area contributed by atoms with Crippen molar-refractivity contribution in [2.75, 3.05) is 45.8 Å². The smallest absolute Gasteiger partial charge is 0.314 e. The molecule has 3 aromatic carbocycles. The number of carbonyl (C=O) groups is 2. The molecule has 254 valence electrons. The first-order valence-electron chi connectivity index (χ1n) is 16.9. The van der Waals surface area contributed by atoms with E-state index in [1.165, 1.54) is 5.56 Å². The zero-order chi connectivity index (χ0) is 33.6. The van der Waals surface area contributed by atoms with Gasteiger partial charge in [-0.1, -0.05) is 60.1 Å². The first-order valence-corrected chi connectivity index (χ1v) is 17.3. The lowest BCUT2D eigenvalue weighted by molar-refractivity contribution is 0.0950. The van der Waals surface area contributed by atoms with Crippen molar-refractivity contribution in [3.63, 3.8) is 0 Å². The molecule has 0 aliphatic carbocycles. The van der Waals surface area contributed by atoms with Crippen LogP contribution in [0.1, 0.15) is 65.1 Å². The van der Waals surface area contributed by atoms with Crippen LogP contribution < -0.4 is 16.0 Å². The minimum absolute atomic E-state index is 0.0840. The number of ether oxygens (including phenoxy) is 1. The lowest BCUT2D eigenvalue weighted by Gasteiger charge is -2.34. The molecule has 0 spiro atoms. The SMILES string of the molecule is O=C(NCCCCCNC(=O)c1cc(Cl)ccc1C1CCN(CCN2C=COC(c3cccc(O)c3)=C2)CC1)NCCc1ccccc1. The number of piperidine rings is 1. The molecular weight excluding hydrogens is 626 g/mol. The summed E-state index contributed by atoms with van der Waals surface area (Å²) in [5.74, 6) is 1.12. The summed E-state index contributed by atoms with van der Waals surface area (Å²) in [6.45, 7) is 5.39. The standard InChI is InChI=1S/C38H46ClN5O4/c39-32-12-13-34(30-15-20-43(21-16-30)22-23-44-24-25-48-36(28-44)31-10-7-11-33(45)26-31)35(27-32)37(46)40-17-5-2-6-18-41-38(47)42-19-14-29-8-3-1-4-9-29/h1,3-4,7-13,24-28,30,45H,2,5-6,14-23H2,(H,40,46)(H2,41,42,47). The van der Waals surface area contributed by atoms with E-state index in [9.17, 15) is 14.7 Å². The summed E-state index contributed by atoms with van der Waals surface area (Å²) < 4.78 is 5.68. The summed E-state index contributed by atoms with van der Waals surface area (Å²) in [6.07, 6.45) is 10.9. The van der Waals surface area contributed by atoms with Gasteiger partial charge in [-0.3, -0.25) is 4.79 Å². The second-order valence-corrected chi connectivity index (χ2v) is 12.7. The van der Waals surface area contributed by atoms with Crippen LogP contribution >= 0.6 is 11.6 Å². The van der Waals surface area contributed by atoms with Gasteiger partial charge in [-0.05, 0) is 92.9 Å². The normalized spacial score (nSPS) is 15.0. The first-order chi connectivity index (χ1) is 23.4. The van der Waals surface area contributed by atoms with Gasteiger partial charge >= 0.3 is 6.03 Å². The molecule has 5 rings (SSSR count). The number of nitrogens with zero attached hydrogens (tertiary/aromatic N) is 2. The van der Waals surface area contributed by atoms with E-state index in [4.69, 9.17) is 16.3 Å². The number of benzene rings is 3. The molecule has 10 heteroatoms. The van der Waals surface area contributed by atoms with Gasteiger partial charge in [0, 0.05) is 61.3 Å². The second-order valence-electron chi connectivity index (χ2n) is 12.3. The Morgan fingerprint density at radius 3 is 2.42 bits per heavy atom. The van der Waals surface area contributed by atoms with Crippen LogP contribution in [0, 0.1) is 0 Å². The Labute approximate surface area is 288 Å². The number of nitrogens with one attached hydrogen (secondary N) is 3. The van der Waals surface area contributed by atoms with E-state index >= 15 is 0 Å². The van der Waals surface area contributed by atoms with Crippen LogP contribution in [0.2, 0.25) is 5.02 Å². The number of urea groups is 1. The summed E-state index contributed by atoms with van der Waals surface area (Å²) in [5, 5.41) is 19.3. The van der Waals surface area contributed by atoms with Crippen molar-refractivity contribution in [1.29, 1.82) is 0 Å². The number of likely N-dealkylation sites (tertiary alicyclic amines) is 1. The zero-order valence-electron chi connectivity index (χ0n) is 27.4. The highest BCUT2D eigenvalue weighted by molar-refractivity contribution is 6.31. The molecule has 1 fully saturated rings. The van der Waals surface area contributed by atoms with Crippen molar-refractivity contribution < 1.29 is 19.4 Å². The quantitative estimate of drug-likeness (QED) is 0.138. The van der Waals surface area contributed by atoms with Crippen molar-refractivity contribution in [3.8, 4) is 5.75 Å². The van der Waals surface area contributed by atoms with Crippen LogP contribution in [-0.2, 0) is 11.2 Å². The third kappa shape index (κ3) is 10.8. The Bertz CT molecular complexity index is 1560. The van der Waals surface area contributed by atoms with Gasteiger partial charge in [0.25, 0.3) is 5.91 Å². The summed E-state index contributed by atoms with van der Waals surface area (Å²) in [6, 6.07) is 22.7. The van der Waals surface area contributed by atoms with E-state index in [0.717, 1.165) is 75.8 Å². The molecule has 2 aliphatic rings. The Morgan fingerprint density at radius 2 is 1.62 bits per heavy atom. The van der Waals surface area contributed by atoms with E-state index < -0.39 is 0 Å². The predicted octanol–water partition coefficient (Wildman–Crippen LogP) is 6.47. The van der Waals surface area contributed by atoms with Crippen molar-refractivity contribution in [2.24, 2.45) is 0 Å². The van der Waals surface area contributed by atoms with E-state index in [2.05, 4.69) is 37.9 Å². The van der Waals surface area contributed by atoms with Crippen molar-refractivity contribution >= 4 is 29.3 Å². The lowest BCUT2D eigenvalue weighted by Crippen LogP contribution is -2.38. The van der Waals surface area contributed by atoms with Crippen LogP contribution in [-0.4, -0.2) is 72.7 Å². The van der Waals surface area contributed by atoms with Crippen LogP contribution in [0.3, 0.4) is 0 Å². The van der Waals surface area contributed by atoms with Gasteiger partial charge in [0.1, 0.15) is 17.8 Å². The van der Waals surface area contributed by atoms with Crippen molar-refractivity contribution in [2.45, 2.75) is 44.4 Å². The molecule has 0 atom stereocenters. The highest BCUT2D eigenvalue weighted by Gasteiger charge is 2.25. The maximum Gasteiger partial charge on any atom is 0.314 e. The van der Waals surface area contributed by atoms with Gasteiger partial charge in [-0.2, -0.15) is 0 Å². The fourth-order valence-electron chi connectivity index (χ4n) is 6.11. The van der Waals surface area contributed by atoms with E-state index in [0.29, 0.717) is 41.9 Å². The van der Waals surface area contributed by atoms with Crippen LogP contribution in [0.4, 0.5) is 4.79 Å². The maximum absolute atomic E-state index is 13.2. The molecule has 0 bridgehead atoms. The summed E-state index contributed by atoms with van der Waals surface area (Å²) in [5.41, 5.74) is 3.76. The molecule has 1 saturated heterocycles. The maximum atomic E-state index is 13.2. The highest BCUT2D eigenvalue weighted by atomic mass is 35.5. The molecule has 2 aliphatic heterocycles. The number of halogens is 1. The summed E-state index contributed by atoms with van der Waals surface area (Å²) in [4.78, 5) is 29.8. The molecule has 4 N–H and O–H groups in total. The monoisotopic (exact) mass is 671 g/mol. The fraction of sp³-hybridized carbons (Fsp3) is 0.368. The molecule has 0 aromatic heterocycles. The number of amides is 3. The average molecular weight is 672 g/mol. The minimum Gasteiger partial charge on any atom is -0.508 e. The molecule has 0 unspecified atom stereocenters. The van der Waals surface area contributed by atoms with Gasteiger partial charge in [0.05, 0.1) is 0 Å². The van der Waals surface area contributed by atoms with Gasteiger partial charge in [-0.25, -0.2) is 4.79 Å². The number of unbranched alkanes of at least 4 members (excludes halogenated alkanes) is 2. The summed E-state index contributed by atoms with van der Waals surface area (Å²) >= 11 is 6.34. The second kappa shape index (κ2) is 18.2. The van der Waals surface area contributed by atoms with Crippen LogP contribution in [0.5, 0.6) is 5.75 Å². The van der Waals surface area contributed by atoms with E-state index in [1.807, 2.05) is 48.8 Å². The number of phenols is 1. The minimum atomic E-state index is -0.148. The summed E-state index contributed by atoms with van der Waals surface area (Å²) in [7, 11) is 0. The first kappa shape index (κ1) is 34.9. The van der Waals surface area contributed by atoms with Crippen LogP contribution in [0.25, 0.3) is 5.76 Å². The zero-order valence-corrected chi connectivity index (χ0v) is 28.1. The van der Waals surface area contributed by atoms with Crippen molar-refractivity contribution in [1.82, 2.24) is 25.8 Å². The Hall–Kier alpha value is -4.47. The van der Waals surface area contributed by atoms with E-state index in [-0.39, 0.29) is 17.7 Å². The number of hydrogen-bond donors (Lipinski definition) is 4. The fourth-order valence-corrected chi connectivity index (χ4v) is 6.28. The molecule has 0 radical (unpaired) electrons. The number of rotatable bonds is 15.